The molecule has 4 aromatic rings. The molecule has 0 atom stereocenters. The van der Waals surface area contributed by atoms with Crippen molar-refractivity contribution in [3.8, 4) is 17.0 Å². The first-order valence-electron chi connectivity index (χ1n) is 8.29. The number of ether oxygens (including phenoxy) is 1. The summed E-state index contributed by atoms with van der Waals surface area (Å²) in [5.74, 6) is -0.253. The first-order valence-corrected chi connectivity index (χ1v) is 10.8. The van der Waals surface area contributed by atoms with E-state index in [-0.39, 0.29) is 11.7 Å². The Kier molecular flexibility index (Phi) is 5.43. The number of benzene rings is 1. The predicted molar refractivity (Wildman–Crippen MR) is 114 cm³/mol. The molecule has 1 aromatic carbocycles. The lowest BCUT2D eigenvalue weighted by Crippen LogP contribution is -2.10. The van der Waals surface area contributed by atoms with E-state index in [1.807, 2.05) is 19.0 Å². The fraction of sp³-hybridized carbons (Fsp3) is 0.167. The first kappa shape index (κ1) is 19.7. The molecule has 0 saturated heterocycles. The summed E-state index contributed by atoms with van der Waals surface area (Å²) in [6.45, 7) is -2.93. The highest BCUT2D eigenvalue weighted by Crippen LogP contribution is 2.35. The smallest absolute Gasteiger partial charge is 0.387 e. The average Bonchev–Trinajstić information content (AvgIpc) is 3.36. The second kappa shape index (κ2) is 8.01. The van der Waals surface area contributed by atoms with Gasteiger partial charge in [0.1, 0.15) is 10.6 Å². The standard InChI is InChI=1S/C18H14F2N4O2S3/c1-24(2)18-23-15-13(29-18)7-12(28-15)14(25)22-17-21-10(8-27-17)9-5-3-4-6-11(9)26-16(19)20/h3-8,16H,1-2H3,(H,21,22,25). The maximum atomic E-state index is 12.6. The molecule has 4 rings (SSSR count). The molecule has 29 heavy (non-hydrogen) atoms. The zero-order valence-electron chi connectivity index (χ0n) is 15.2. The van der Waals surface area contributed by atoms with Gasteiger partial charge in [0.15, 0.2) is 10.3 Å². The summed E-state index contributed by atoms with van der Waals surface area (Å²) in [6.07, 6.45) is 0. The van der Waals surface area contributed by atoms with Crippen LogP contribution in [0.15, 0.2) is 35.7 Å². The van der Waals surface area contributed by atoms with Gasteiger partial charge in [0, 0.05) is 25.0 Å². The molecule has 3 aromatic heterocycles. The number of carbonyl (C=O) groups is 1. The number of aromatic nitrogens is 2. The van der Waals surface area contributed by atoms with E-state index >= 15 is 0 Å². The molecular formula is C18H14F2N4O2S3. The Hall–Kier alpha value is -2.63. The van der Waals surface area contributed by atoms with Gasteiger partial charge in [-0.1, -0.05) is 23.5 Å². The number of hydrogen-bond acceptors (Lipinski definition) is 8. The van der Waals surface area contributed by atoms with Gasteiger partial charge in [-0.3, -0.25) is 10.1 Å². The van der Waals surface area contributed by atoms with E-state index < -0.39 is 6.61 Å². The van der Waals surface area contributed by atoms with Crippen molar-refractivity contribution in [1.29, 1.82) is 0 Å². The first-order chi connectivity index (χ1) is 13.9. The van der Waals surface area contributed by atoms with E-state index in [9.17, 15) is 13.6 Å². The predicted octanol–water partition coefficient (Wildman–Crippen LogP) is 5.40. The molecule has 1 amide bonds. The molecule has 0 spiro atoms. The van der Waals surface area contributed by atoms with Crippen molar-refractivity contribution in [2.45, 2.75) is 6.61 Å². The molecule has 0 unspecified atom stereocenters. The van der Waals surface area contributed by atoms with Crippen LogP contribution < -0.4 is 15.0 Å². The number of nitrogens with one attached hydrogen (secondary N) is 1. The lowest BCUT2D eigenvalue weighted by atomic mass is 10.1. The van der Waals surface area contributed by atoms with E-state index in [0.717, 1.165) is 14.7 Å². The third kappa shape index (κ3) is 4.21. The summed E-state index contributed by atoms with van der Waals surface area (Å²) < 4.78 is 30.7. The van der Waals surface area contributed by atoms with Gasteiger partial charge in [-0.2, -0.15) is 8.78 Å². The molecule has 3 heterocycles. The molecule has 150 valence electrons. The number of thiophene rings is 1. The molecule has 0 fully saturated rings. The van der Waals surface area contributed by atoms with Gasteiger partial charge < -0.3 is 9.64 Å². The lowest BCUT2D eigenvalue weighted by Gasteiger charge is -2.08. The second-order valence-electron chi connectivity index (χ2n) is 6.04. The van der Waals surface area contributed by atoms with Crippen molar-refractivity contribution in [3.63, 3.8) is 0 Å². The van der Waals surface area contributed by atoms with Crippen molar-refractivity contribution >= 4 is 59.7 Å². The van der Waals surface area contributed by atoms with Crippen LogP contribution in [0, 0.1) is 0 Å². The van der Waals surface area contributed by atoms with Crippen LogP contribution in [0.25, 0.3) is 20.8 Å². The Morgan fingerprint density at radius 3 is 2.72 bits per heavy atom. The third-order valence-corrected chi connectivity index (χ3v) is 6.87. The minimum absolute atomic E-state index is 0.0342. The van der Waals surface area contributed by atoms with E-state index in [1.165, 1.54) is 40.1 Å². The molecule has 1 N–H and O–H groups in total. The Balaban J connectivity index is 1.52. The number of nitrogens with zero attached hydrogens (tertiary/aromatic N) is 3. The second-order valence-corrected chi connectivity index (χ2v) is 8.94. The summed E-state index contributed by atoms with van der Waals surface area (Å²) in [6, 6.07) is 8.21. The number of fused-ring (bicyclic) bond motifs is 1. The Bertz CT molecular complexity index is 1140. The monoisotopic (exact) mass is 452 g/mol. The Labute approximate surface area is 176 Å². The highest BCUT2D eigenvalue weighted by Gasteiger charge is 2.17. The van der Waals surface area contributed by atoms with Crippen LogP contribution in [0.2, 0.25) is 0 Å². The minimum Gasteiger partial charge on any atom is -0.434 e. The highest BCUT2D eigenvalue weighted by atomic mass is 32.1. The summed E-state index contributed by atoms with van der Waals surface area (Å²) >= 11 is 4.03. The number of hydrogen-bond donors (Lipinski definition) is 1. The van der Waals surface area contributed by atoms with Gasteiger partial charge in [-0.05, 0) is 18.2 Å². The van der Waals surface area contributed by atoms with E-state index in [4.69, 9.17) is 0 Å². The molecule has 0 aliphatic carbocycles. The fourth-order valence-corrected chi connectivity index (χ4v) is 5.25. The van der Waals surface area contributed by atoms with Crippen LogP contribution in [0.3, 0.4) is 0 Å². The zero-order valence-corrected chi connectivity index (χ0v) is 17.6. The number of rotatable bonds is 6. The quantitative estimate of drug-likeness (QED) is 0.424. The molecule has 11 heteroatoms. The largest absolute Gasteiger partial charge is 0.434 e. The minimum atomic E-state index is -2.93. The number of alkyl halides is 2. The summed E-state index contributed by atoms with van der Waals surface area (Å²) in [4.78, 5) is 24.7. The van der Waals surface area contributed by atoms with Crippen molar-refractivity contribution in [2.75, 3.05) is 24.3 Å². The fourth-order valence-electron chi connectivity index (χ4n) is 2.52. The van der Waals surface area contributed by atoms with Gasteiger partial charge in [0.2, 0.25) is 0 Å². The van der Waals surface area contributed by atoms with Crippen molar-refractivity contribution in [1.82, 2.24) is 9.97 Å². The molecule has 6 nitrogen and oxygen atoms in total. The van der Waals surface area contributed by atoms with Crippen molar-refractivity contribution < 1.29 is 18.3 Å². The molecule has 0 radical (unpaired) electrons. The molecule has 0 aliphatic rings. The summed E-state index contributed by atoms with van der Waals surface area (Å²) in [5.41, 5.74) is 0.882. The summed E-state index contributed by atoms with van der Waals surface area (Å²) in [5, 5.41) is 5.69. The van der Waals surface area contributed by atoms with Gasteiger partial charge in [0.05, 0.1) is 15.3 Å². The molecule has 0 saturated carbocycles. The maximum Gasteiger partial charge on any atom is 0.387 e. The van der Waals surface area contributed by atoms with Gasteiger partial charge >= 0.3 is 6.61 Å². The van der Waals surface area contributed by atoms with Crippen LogP contribution in [0.4, 0.5) is 19.0 Å². The van der Waals surface area contributed by atoms with E-state index in [1.54, 1.807) is 29.6 Å². The van der Waals surface area contributed by atoms with Crippen LogP contribution in [0.1, 0.15) is 9.67 Å². The molecule has 0 bridgehead atoms. The topological polar surface area (TPSA) is 67.4 Å². The zero-order chi connectivity index (χ0) is 20.5. The van der Waals surface area contributed by atoms with E-state index in [2.05, 4.69) is 20.0 Å². The lowest BCUT2D eigenvalue weighted by molar-refractivity contribution is -0.0494. The highest BCUT2D eigenvalue weighted by molar-refractivity contribution is 7.29. The van der Waals surface area contributed by atoms with Gasteiger partial charge in [0.25, 0.3) is 5.91 Å². The molecule has 0 aliphatic heterocycles. The number of carbonyl (C=O) groups excluding carboxylic acids is 1. The number of thiazole rings is 2. The number of anilines is 2. The van der Waals surface area contributed by atoms with Gasteiger partial charge in [-0.15, -0.1) is 22.7 Å². The average molecular weight is 453 g/mol. The number of para-hydroxylation sites is 1. The number of amides is 1. The molecular weight excluding hydrogens is 438 g/mol. The van der Waals surface area contributed by atoms with Crippen LogP contribution in [0.5, 0.6) is 5.75 Å². The Morgan fingerprint density at radius 1 is 1.21 bits per heavy atom. The third-order valence-electron chi connectivity index (χ3n) is 3.79. The van der Waals surface area contributed by atoms with Crippen molar-refractivity contribution in [2.24, 2.45) is 0 Å². The van der Waals surface area contributed by atoms with Crippen LogP contribution in [-0.2, 0) is 0 Å². The normalized spacial score (nSPS) is 11.2. The Morgan fingerprint density at radius 2 is 2.00 bits per heavy atom. The van der Waals surface area contributed by atoms with Crippen molar-refractivity contribution in [3.05, 3.63) is 40.6 Å². The van der Waals surface area contributed by atoms with Gasteiger partial charge in [-0.25, -0.2) is 9.97 Å². The number of halogens is 2. The summed E-state index contributed by atoms with van der Waals surface area (Å²) in [7, 11) is 3.83. The maximum absolute atomic E-state index is 12.6. The van der Waals surface area contributed by atoms with Crippen LogP contribution >= 0.6 is 34.0 Å². The van der Waals surface area contributed by atoms with Crippen LogP contribution in [-0.4, -0.2) is 36.6 Å². The van der Waals surface area contributed by atoms with E-state index in [0.29, 0.717) is 21.3 Å². The SMILES string of the molecule is CN(C)c1nc2sc(C(=O)Nc3nc(-c4ccccc4OC(F)F)cs3)cc2s1.